The minimum Gasteiger partial charge on any atom is -0.495 e. The Balaban J connectivity index is 1.78. The molecule has 29 heavy (non-hydrogen) atoms. The second-order valence-corrected chi connectivity index (χ2v) is 8.36. The third-order valence-electron chi connectivity index (χ3n) is 4.14. The molecule has 0 saturated heterocycles. The molecular weight excluding hydrogens is 412 g/mol. The molecule has 1 amide bonds. The maximum absolute atomic E-state index is 12.7. The molecule has 0 spiro atoms. The van der Waals surface area contributed by atoms with E-state index in [1.54, 1.807) is 36.4 Å². The maximum Gasteiger partial charge on any atom is 0.262 e. The number of hydrogen-bond acceptors (Lipinski definition) is 4. The SMILES string of the molecule is COc1ccc(C)cc1NS(=O)(=O)c1ccc(NC(=O)c2ccccc2Cl)cc1. The number of amides is 1. The Morgan fingerprint density at radius 1 is 1.00 bits per heavy atom. The van der Waals surface area contributed by atoms with E-state index < -0.39 is 10.0 Å². The van der Waals surface area contributed by atoms with Crippen molar-refractivity contribution in [2.75, 3.05) is 17.1 Å². The number of nitrogens with one attached hydrogen (secondary N) is 2. The normalized spacial score (nSPS) is 11.0. The molecule has 0 saturated carbocycles. The molecule has 0 fully saturated rings. The molecule has 3 aromatic carbocycles. The molecule has 3 aromatic rings. The number of carbonyl (C=O) groups excluding carboxylic acids is 1. The lowest BCUT2D eigenvalue weighted by Gasteiger charge is -2.13. The average molecular weight is 431 g/mol. The predicted octanol–water partition coefficient (Wildman–Crippen LogP) is 4.71. The van der Waals surface area contributed by atoms with E-state index in [4.69, 9.17) is 16.3 Å². The van der Waals surface area contributed by atoms with E-state index >= 15 is 0 Å². The van der Waals surface area contributed by atoms with Crippen molar-refractivity contribution in [1.29, 1.82) is 0 Å². The number of rotatable bonds is 6. The van der Waals surface area contributed by atoms with Gasteiger partial charge in [0.2, 0.25) is 0 Å². The lowest BCUT2D eigenvalue weighted by molar-refractivity contribution is 0.102. The van der Waals surface area contributed by atoms with Crippen LogP contribution in [0.3, 0.4) is 0 Å². The van der Waals surface area contributed by atoms with Gasteiger partial charge in [0.1, 0.15) is 5.75 Å². The van der Waals surface area contributed by atoms with Crippen LogP contribution in [-0.4, -0.2) is 21.4 Å². The van der Waals surface area contributed by atoms with Crippen molar-refractivity contribution in [3.8, 4) is 5.75 Å². The molecule has 0 heterocycles. The lowest BCUT2D eigenvalue weighted by Crippen LogP contribution is -2.15. The van der Waals surface area contributed by atoms with Crippen LogP contribution in [0.4, 0.5) is 11.4 Å². The molecule has 0 unspecified atom stereocenters. The average Bonchev–Trinajstić information content (AvgIpc) is 2.68. The zero-order valence-corrected chi connectivity index (χ0v) is 17.3. The summed E-state index contributed by atoms with van der Waals surface area (Å²) in [5.41, 5.74) is 2.02. The Bertz CT molecular complexity index is 1150. The van der Waals surface area contributed by atoms with Crippen LogP contribution in [0.25, 0.3) is 0 Å². The Kier molecular flexibility index (Phi) is 6.10. The number of benzene rings is 3. The van der Waals surface area contributed by atoms with Crippen LogP contribution in [0.5, 0.6) is 5.75 Å². The minimum atomic E-state index is -3.83. The van der Waals surface area contributed by atoms with E-state index in [9.17, 15) is 13.2 Å². The van der Waals surface area contributed by atoms with Gasteiger partial charge in [-0.2, -0.15) is 0 Å². The number of hydrogen-bond donors (Lipinski definition) is 2. The first-order valence-corrected chi connectivity index (χ1v) is 10.5. The molecule has 2 N–H and O–H groups in total. The largest absolute Gasteiger partial charge is 0.495 e. The molecule has 0 atom stereocenters. The van der Waals surface area contributed by atoms with Crippen molar-refractivity contribution >= 4 is 38.9 Å². The standard InChI is InChI=1S/C21H19ClN2O4S/c1-14-7-12-20(28-2)19(13-14)24-29(26,27)16-10-8-15(9-11-16)23-21(25)17-5-3-4-6-18(17)22/h3-13,24H,1-2H3,(H,23,25). The molecule has 0 bridgehead atoms. The van der Waals surface area contributed by atoms with Crippen LogP contribution in [0.2, 0.25) is 5.02 Å². The molecule has 8 heteroatoms. The number of carbonyl (C=O) groups is 1. The van der Waals surface area contributed by atoms with Gasteiger partial charge in [0.15, 0.2) is 0 Å². The smallest absolute Gasteiger partial charge is 0.262 e. The minimum absolute atomic E-state index is 0.0526. The number of sulfonamides is 1. The van der Waals surface area contributed by atoms with Crippen molar-refractivity contribution in [2.24, 2.45) is 0 Å². The van der Waals surface area contributed by atoms with Crippen molar-refractivity contribution in [1.82, 2.24) is 0 Å². The molecular formula is C21H19ClN2O4S. The van der Waals surface area contributed by atoms with Gasteiger partial charge in [-0.25, -0.2) is 8.42 Å². The summed E-state index contributed by atoms with van der Waals surface area (Å²) in [7, 11) is -2.36. The second-order valence-electron chi connectivity index (χ2n) is 6.27. The highest BCUT2D eigenvalue weighted by Gasteiger charge is 2.17. The van der Waals surface area contributed by atoms with Crippen molar-refractivity contribution < 1.29 is 17.9 Å². The summed E-state index contributed by atoms with van der Waals surface area (Å²) in [5.74, 6) is 0.0385. The molecule has 0 radical (unpaired) electrons. The summed E-state index contributed by atoms with van der Waals surface area (Å²) in [6.07, 6.45) is 0. The number of anilines is 2. The van der Waals surface area contributed by atoms with Gasteiger partial charge in [0.25, 0.3) is 15.9 Å². The number of ether oxygens (including phenoxy) is 1. The number of methoxy groups -OCH3 is 1. The van der Waals surface area contributed by atoms with Gasteiger partial charge in [0.05, 0.1) is 28.3 Å². The first-order chi connectivity index (χ1) is 13.8. The third-order valence-corrected chi connectivity index (χ3v) is 5.85. The van der Waals surface area contributed by atoms with Gasteiger partial charge < -0.3 is 10.1 Å². The fourth-order valence-corrected chi connectivity index (χ4v) is 3.95. The molecule has 0 aliphatic rings. The molecule has 0 aliphatic heterocycles. The molecule has 0 aromatic heterocycles. The van der Waals surface area contributed by atoms with Gasteiger partial charge >= 0.3 is 0 Å². The van der Waals surface area contributed by atoms with Gasteiger partial charge in [-0.3, -0.25) is 9.52 Å². The number of aryl methyl sites for hydroxylation is 1. The molecule has 6 nitrogen and oxygen atoms in total. The third kappa shape index (κ3) is 4.88. The summed E-state index contributed by atoms with van der Waals surface area (Å²) in [5, 5.41) is 3.03. The van der Waals surface area contributed by atoms with Crippen LogP contribution in [0, 0.1) is 6.92 Å². The maximum atomic E-state index is 12.7. The van der Waals surface area contributed by atoms with E-state index in [0.29, 0.717) is 27.7 Å². The zero-order valence-electron chi connectivity index (χ0n) is 15.8. The van der Waals surface area contributed by atoms with Crippen LogP contribution < -0.4 is 14.8 Å². The molecule has 3 rings (SSSR count). The van der Waals surface area contributed by atoms with Crippen LogP contribution in [-0.2, 0) is 10.0 Å². The molecule has 150 valence electrons. The fraction of sp³-hybridized carbons (Fsp3) is 0.0952. The Hall–Kier alpha value is -3.03. The van der Waals surface area contributed by atoms with Crippen molar-refractivity contribution in [3.63, 3.8) is 0 Å². The summed E-state index contributed by atoms with van der Waals surface area (Å²) in [6.45, 7) is 1.85. The zero-order chi connectivity index (χ0) is 21.0. The highest BCUT2D eigenvalue weighted by molar-refractivity contribution is 7.92. The van der Waals surface area contributed by atoms with E-state index in [1.165, 1.54) is 31.4 Å². The highest BCUT2D eigenvalue weighted by Crippen LogP contribution is 2.28. The van der Waals surface area contributed by atoms with E-state index in [1.807, 2.05) is 13.0 Å². The first-order valence-electron chi connectivity index (χ1n) is 8.63. The first kappa shape index (κ1) is 20.7. The van der Waals surface area contributed by atoms with Crippen molar-refractivity contribution in [3.05, 3.63) is 82.9 Å². The highest BCUT2D eigenvalue weighted by atomic mass is 35.5. The summed E-state index contributed by atoms with van der Waals surface area (Å²) in [6, 6.07) is 17.7. The van der Waals surface area contributed by atoms with Gasteiger partial charge in [-0.15, -0.1) is 0 Å². The fourth-order valence-electron chi connectivity index (χ4n) is 2.67. The van der Waals surface area contributed by atoms with E-state index in [2.05, 4.69) is 10.0 Å². The van der Waals surface area contributed by atoms with E-state index in [-0.39, 0.29) is 10.8 Å². The Morgan fingerprint density at radius 3 is 2.34 bits per heavy atom. The second kappa shape index (κ2) is 8.55. The van der Waals surface area contributed by atoms with Crippen LogP contribution >= 0.6 is 11.6 Å². The lowest BCUT2D eigenvalue weighted by atomic mass is 10.2. The van der Waals surface area contributed by atoms with Gasteiger partial charge in [0, 0.05) is 5.69 Å². The van der Waals surface area contributed by atoms with Crippen LogP contribution in [0.1, 0.15) is 15.9 Å². The Morgan fingerprint density at radius 2 is 1.69 bits per heavy atom. The summed E-state index contributed by atoms with van der Waals surface area (Å²) < 4.78 is 33.2. The summed E-state index contributed by atoms with van der Waals surface area (Å²) in [4.78, 5) is 12.4. The van der Waals surface area contributed by atoms with Crippen molar-refractivity contribution in [2.45, 2.75) is 11.8 Å². The van der Waals surface area contributed by atoms with Crippen LogP contribution in [0.15, 0.2) is 71.6 Å². The van der Waals surface area contributed by atoms with Gasteiger partial charge in [-0.1, -0.05) is 29.8 Å². The summed E-state index contributed by atoms with van der Waals surface area (Å²) >= 11 is 6.02. The topological polar surface area (TPSA) is 84.5 Å². The predicted molar refractivity (Wildman–Crippen MR) is 114 cm³/mol. The van der Waals surface area contributed by atoms with Gasteiger partial charge in [-0.05, 0) is 61.0 Å². The Labute approximate surface area is 174 Å². The van der Waals surface area contributed by atoms with E-state index in [0.717, 1.165) is 5.56 Å². The quantitative estimate of drug-likeness (QED) is 0.593. The monoisotopic (exact) mass is 430 g/mol. The molecule has 0 aliphatic carbocycles. The number of halogens is 1.